The van der Waals surface area contributed by atoms with E-state index < -0.39 is 0 Å². The molecule has 0 aliphatic rings. The van der Waals surface area contributed by atoms with E-state index in [1.807, 2.05) is 67.6 Å². The summed E-state index contributed by atoms with van der Waals surface area (Å²) in [4.78, 5) is 12.1. The summed E-state index contributed by atoms with van der Waals surface area (Å²) in [6.45, 7) is 2.13. The standard InChI is InChI=1S/C17H16O2/c1-2-16(15-11-7-4-8-12-15)17(18)19-13-14-9-5-3-6-10-14/h2-12H,13H2,1H3. The number of ether oxygens (including phenoxy) is 1. The van der Waals surface area contributed by atoms with Crippen LogP contribution in [0.5, 0.6) is 0 Å². The van der Waals surface area contributed by atoms with Crippen LogP contribution in [0.15, 0.2) is 66.7 Å². The third-order valence-electron chi connectivity index (χ3n) is 2.81. The molecule has 2 nitrogen and oxygen atoms in total. The molecule has 19 heavy (non-hydrogen) atoms. The first kappa shape index (κ1) is 13.1. The predicted molar refractivity (Wildman–Crippen MR) is 76.3 cm³/mol. The number of hydrogen-bond acceptors (Lipinski definition) is 2. The van der Waals surface area contributed by atoms with Gasteiger partial charge in [-0.25, -0.2) is 4.79 Å². The Morgan fingerprint density at radius 1 is 1.00 bits per heavy atom. The van der Waals surface area contributed by atoms with Gasteiger partial charge in [-0.2, -0.15) is 0 Å². The van der Waals surface area contributed by atoms with Crippen LogP contribution in [0.4, 0.5) is 0 Å². The number of esters is 1. The molecule has 0 aliphatic heterocycles. The first-order valence-corrected chi connectivity index (χ1v) is 6.24. The number of rotatable bonds is 4. The third-order valence-corrected chi connectivity index (χ3v) is 2.81. The van der Waals surface area contributed by atoms with Gasteiger partial charge in [0, 0.05) is 0 Å². The highest BCUT2D eigenvalue weighted by molar-refractivity contribution is 6.16. The quantitative estimate of drug-likeness (QED) is 0.610. The molecule has 0 fully saturated rings. The molecule has 96 valence electrons. The van der Waals surface area contributed by atoms with Crippen LogP contribution < -0.4 is 0 Å². The van der Waals surface area contributed by atoms with E-state index in [2.05, 4.69) is 0 Å². The maximum Gasteiger partial charge on any atom is 0.338 e. The van der Waals surface area contributed by atoms with Crippen LogP contribution in [0.25, 0.3) is 5.57 Å². The van der Waals surface area contributed by atoms with Gasteiger partial charge in [-0.15, -0.1) is 0 Å². The van der Waals surface area contributed by atoms with Gasteiger partial charge in [0.2, 0.25) is 0 Å². The van der Waals surface area contributed by atoms with Crippen LogP contribution in [-0.2, 0) is 16.1 Å². The molecule has 0 radical (unpaired) electrons. The molecule has 0 bridgehead atoms. The second kappa shape index (κ2) is 6.55. The number of hydrogen-bond donors (Lipinski definition) is 0. The van der Waals surface area contributed by atoms with Gasteiger partial charge < -0.3 is 4.74 Å². The molecule has 0 spiro atoms. The molecule has 2 aromatic rings. The molecule has 0 saturated carbocycles. The summed E-state index contributed by atoms with van der Waals surface area (Å²) in [6, 6.07) is 19.2. The molecule has 2 heteroatoms. The van der Waals surface area contributed by atoms with E-state index in [4.69, 9.17) is 4.74 Å². The Labute approximate surface area is 113 Å². The van der Waals surface area contributed by atoms with E-state index in [0.29, 0.717) is 12.2 Å². The summed E-state index contributed by atoms with van der Waals surface area (Å²) >= 11 is 0. The molecule has 0 saturated heterocycles. The zero-order valence-corrected chi connectivity index (χ0v) is 10.9. The van der Waals surface area contributed by atoms with E-state index in [1.54, 1.807) is 6.08 Å². The van der Waals surface area contributed by atoms with Crippen LogP contribution in [0, 0.1) is 0 Å². The molecular weight excluding hydrogens is 236 g/mol. The molecule has 0 atom stereocenters. The fraction of sp³-hybridized carbons (Fsp3) is 0.118. The van der Waals surface area contributed by atoms with E-state index >= 15 is 0 Å². The lowest BCUT2D eigenvalue weighted by Crippen LogP contribution is -2.07. The third kappa shape index (κ3) is 3.55. The van der Waals surface area contributed by atoms with Crippen LogP contribution in [0.2, 0.25) is 0 Å². The minimum Gasteiger partial charge on any atom is -0.457 e. The lowest BCUT2D eigenvalue weighted by Gasteiger charge is -2.08. The molecule has 2 rings (SSSR count). The Morgan fingerprint density at radius 3 is 2.16 bits per heavy atom. The van der Waals surface area contributed by atoms with Crippen molar-refractivity contribution in [1.82, 2.24) is 0 Å². The Balaban J connectivity index is 2.03. The van der Waals surface area contributed by atoms with Gasteiger partial charge in [-0.05, 0) is 18.1 Å². The topological polar surface area (TPSA) is 26.3 Å². The van der Waals surface area contributed by atoms with Crippen molar-refractivity contribution in [3.05, 3.63) is 77.9 Å². The second-order valence-electron chi connectivity index (χ2n) is 4.13. The summed E-state index contributed by atoms with van der Waals surface area (Å²) in [7, 11) is 0. The van der Waals surface area contributed by atoms with Gasteiger partial charge in [-0.1, -0.05) is 66.7 Å². The summed E-state index contributed by atoms with van der Waals surface area (Å²) < 4.78 is 5.33. The van der Waals surface area contributed by atoms with Gasteiger partial charge >= 0.3 is 5.97 Å². The summed E-state index contributed by atoms with van der Waals surface area (Å²) in [5.41, 5.74) is 2.46. The van der Waals surface area contributed by atoms with Crippen molar-refractivity contribution >= 4 is 11.5 Å². The molecule has 2 aromatic carbocycles. The highest BCUT2D eigenvalue weighted by atomic mass is 16.5. The highest BCUT2D eigenvalue weighted by Crippen LogP contribution is 2.16. The lowest BCUT2D eigenvalue weighted by molar-refractivity contribution is -0.137. The second-order valence-corrected chi connectivity index (χ2v) is 4.13. The molecule has 0 unspecified atom stereocenters. The van der Waals surface area contributed by atoms with E-state index in [0.717, 1.165) is 11.1 Å². The SMILES string of the molecule is CC=C(C(=O)OCc1ccccc1)c1ccccc1. The van der Waals surface area contributed by atoms with Gasteiger partial charge in [0.15, 0.2) is 0 Å². The molecular formula is C17H16O2. The first-order chi connectivity index (χ1) is 9.31. The fourth-order valence-electron chi connectivity index (χ4n) is 1.82. The molecule has 0 aromatic heterocycles. The minimum absolute atomic E-state index is 0.294. The average Bonchev–Trinajstić information content (AvgIpc) is 2.48. The molecule has 0 N–H and O–H groups in total. The van der Waals surface area contributed by atoms with Crippen LogP contribution in [0.1, 0.15) is 18.1 Å². The lowest BCUT2D eigenvalue weighted by atomic mass is 10.1. The Hall–Kier alpha value is -2.35. The van der Waals surface area contributed by atoms with Crippen molar-refractivity contribution in [1.29, 1.82) is 0 Å². The largest absolute Gasteiger partial charge is 0.457 e. The minimum atomic E-state index is -0.294. The maximum absolute atomic E-state index is 12.1. The van der Waals surface area contributed by atoms with Crippen molar-refractivity contribution in [2.75, 3.05) is 0 Å². The molecule has 0 amide bonds. The summed E-state index contributed by atoms with van der Waals surface area (Å²) in [6.07, 6.45) is 1.78. The Bertz CT molecular complexity index is 556. The first-order valence-electron chi connectivity index (χ1n) is 6.24. The Morgan fingerprint density at radius 2 is 1.58 bits per heavy atom. The van der Waals surface area contributed by atoms with Crippen molar-refractivity contribution in [3.63, 3.8) is 0 Å². The zero-order chi connectivity index (χ0) is 13.5. The number of allylic oxidation sites excluding steroid dienone is 1. The van der Waals surface area contributed by atoms with Gasteiger partial charge in [0.25, 0.3) is 0 Å². The van der Waals surface area contributed by atoms with E-state index in [9.17, 15) is 4.79 Å². The smallest absolute Gasteiger partial charge is 0.338 e. The monoisotopic (exact) mass is 252 g/mol. The highest BCUT2D eigenvalue weighted by Gasteiger charge is 2.12. The van der Waals surface area contributed by atoms with Crippen molar-refractivity contribution < 1.29 is 9.53 Å². The van der Waals surface area contributed by atoms with Crippen LogP contribution in [-0.4, -0.2) is 5.97 Å². The van der Waals surface area contributed by atoms with E-state index in [1.165, 1.54) is 0 Å². The zero-order valence-electron chi connectivity index (χ0n) is 10.9. The number of benzene rings is 2. The van der Waals surface area contributed by atoms with Crippen LogP contribution >= 0.6 is 0 Å². The summed E-state index contributed by atoms with van der Waals surface area (Å²) in [5.74, 6) is -0.294. The van der Waals surface area contributed by atoms with Gasteiger partial charge in [-0.3, -0.25) is 0 Å². The predicted octanol–water partition coefficient (Wildman–Crippen LogP) is 3.83. The normalized spacial score (nSPS) is 11.1. The van der Waals surface area contributed by atoms with Gasteiger partial charge in [0.1, 0.15) is 6.61 Å². The number of carbonyl (C=O) groups is 1. The molecule has 0 aliphatic carbocycles. The van der Waals surface area contributed by atoms with Crippen molar-refractivity contribution in [3.8, 4) is 0 Å². The van der Waals surface area contributed by atoms with Crippen LogP contribution in [0.3, 0.4) is 0 Å². The average molecular weight is 252 g/mol. The Kier molecular flexibility index (Phi) is 4.51. The maximum atomic E-state index is 12.1. The fourth-order valence-corrected chi connectivity index (χ4v) is 1.82. The number of carbonyl (C=O) groups excluding carboxylic acids is 1. The van der Waals surface area contributed by atoms with Crippen molar-refractivity contribution in [2.45, 2.75) is 13.5 Å². The van der Waals surface area contributed by atoms with E-state index in [-0.39, 0.29) is 5.97 Å². The van der Waals surface area contributed by atoms with Gasteiger partial charge in [0.05, 0.1) is 5.57 Å². The van der Waals surface area contributed by atoms with Crippen molar-refractivity contribution in [2.24, 2.45) is 0 Å². The molecule has 0 heterocycles. The summed E-state index contributed by atoms with van der Waals surface area (Å²) in [5, 5.41) is 0.